The summed E-state index contributed by atoms with van der Waals surface area (Å²) in [5.41, 5.74) is 0.880. The zero-order chi connectivity index (χ0) is 17.8. The number of hydrogen-bond acceptors (Lipinski definition) is 5. The second kappa shape index (κ2) is 7.65. The van der Waals surface area contributed by atoms with Crippen molar-refractivity contribution in [2.45, 2.75) is 26.3 Å². The predicted octanol–water partition coefficient (Wildman–Crippen LogP) is 4.19. The molecule has 0 fully saturated rings. The van der Waals surface area contributed by atoms with Crippen molar-refractivity contribution >= 4 is 21.8 Å². The van der Waals surface area contributed by atoms with Gasteiger partial charge in [-0.2, -0.15) is 4.98 Å². The summed E-state index contributed by atoms with van der Waals surface area (Å²) in [4.78, 5) is 18.6. The number of halogens is 1. The number of rotatable bonds is 6. The van der Waals surface area contributed by atoms with Crippen LogP contribution in [0.5, 0.6) is 0 Å². The minimum atomic E-state index is -0.146. The first-order valence-electron chi connectivity index (χ1n) is 7.97. The molecule has 0 saturated carbocycles. The van der Waals surface area contributed by atoms with E-state index < -0.39 is 0 Å². The van der Waals surface area contributed by atoms with Crippen LogP contribution in [0.15, 0.2) is 56.1 Å². The smallest absolute Gasteiger partial charge is 0.289 e. The van der Waals surface area contributed by atoms with Crippen LogP contribution in [-0.4, -0.2) is 33.5 Å². The first-order valence-corrected chi connectivity index (χ1v) is 8.77. The van der Waals surface area contributed by atoms with Gasteiger partial charge in [-0.3, -0.25) is 4.79 Å². The van der Waals surface area contributed by atoms with Crippen LogP contribution in [0.25, 0.3) is 11.4 Å². The van der Waals surface area contributed by atoms with Gasteiger partial charge in [-0.05, 0) is 50.2 Å². The van der Waals surface area contributed by atoms with Crippen LogP contribution >= 0.6 is 15.9 Å². The van der Waals surface area contributed by atoms with E-state index in [1.807, 2.05) is 38.1 Å². The van der Waals surface area contributed by atoms with E-state index in [-0.39, 0.29) is 11.9 Å². The molecule has 0 spiro atoms. The fraction of sp³-hybridized carbons (Fsp3) is 0.278. The largest absolute Gasteiger partial charge is 0.459 e. The van der Waals surface area contributed by atoms with Crippen LogP contribution in [0, 0.1) is 0 Å². The average molecular weight is 404 g/mol. The fourth-order valence-electron chi connectivity index (χ4n) is 2.42. The monoisotopic (exact) mass is 403 g/mol. The molecule has 3 rings (SSSR count). The lowest BCUT2D eigenvalue weighted by Crippen LogP contribution is -2.38. The maximum Gasteiger partial charge on any atom is 0.289 e. The number of hydrogen-bond donors (Lipinski definition) is 0. The van der Waals surface area contributed by atoms with Crippen molar-refractivity contribution in [2.24, 2.45) is 0 Å². The summed E-state index contributed by atoms with van der Waals surface area (Å²) in [6, 6.07) is 11.1. The summed E-state index contributed by atoms with van der Waals surface area (Å²) in [6.45, 7) is 4.39. The Labute approximate surface area is 154 Å². The van der Waals surface area contributed by atoms with Gasteiger partial charge in [0.2, 0.25) is 11.7 Å². The zero-order valence-corrected chi connectivity index (χ0v) is 15.6. The number of carbonyl (C=O) groups is 1. The molecule has 0 aliphatic carbocycles. The highest BCUT2D eigenvalue weighted by Gasteiger charge is 2.21. The lowest BCUT2D eigenvalue weighted by atomic mass is 10.2. The molecule has 1 aromatic carbocycles. The van der Waals surface area contributed by atoms with E-state index in [9.17, 15) is 4.79 Å². The molecular formula is C18H18BrN3O3. The second-order valence-electron chi connectivity index (χ2n) is 5.84. The van der Waals surface area contributed by atoms with Gasteiger partial charge in [0.1, 0.15) is 0 Å². The number of benzene rings is 1. The summed E-state index contributed by atoms with van der Waals surface area (Å²) in [7, 11) is 0. The van der Waals surface area contributed by atoms with Crippen molar-refractivity contribution in [1.82, 2.24) is 15.0 Å². The molecule has 0 unspecified atom stereocenters. The van der Waals surface area contributed by atoms with Crippen LogP contribution < -0.4 is 0 Å². The first kappa shape index (κ1) is 17.4. The van der Waals surface area contributed by atoms with E-state index in [0.717, 1.165) is 10.0 Å². The molecule has 25 heavy (non-hydrogen) atoms. The van der Waals surface area contributed by atoms with Gasteiger partial charge in [-0.15, -0.1) is 0 Å². The van der Waals surface area contributed by atoms with Gasteiger partial charge in [0.15, 0.2) is 5.76 Å². The summed E-state index contributed by atoms with van der Waals surface area (Å²) >= 11 is 3.40. The Bertz CT molecular complexity index is 826. The highest BCUT2D eigenvalue weighted by Crippen LogP contribution is 2.19. The van der Waals surface area contributed by atoms with Gasteiger partial charge in [0.05, 0.1) is 6.26 Å². The highest BCUT2D eigenvalue weighted by molar-refractivity contribution is 9.10. The van der Waals surface area contributed by atoms with Gasteiger partial charge in [0, 0.05) is 29.0 Å². The summed E-state index contributed by atoms with van der Waals surface area (Å²) in [6.07, 6.45) is 1.97. The van der Waals surface area contributed by atoms with E-state index in [1.54, 1.807) is 17.0 Å². The van der Waals surface area contributed by atoms with E-state index >= 15 is 0 Å². The van der Waals surface area contributed by atoms with Crippen molar-refractivity contribution in [2.75, 3.05) is 6.54 Å². The van der Waals surface area contributed by atoms with E-state index in [0.29, 0.717) is 30.4 Å². The Morgan fingerprint density at radius 2 is 2.00 bits per heavy atom. The van der Waals surface area contributed by atoms with Crippen LogP contribution in [0.3, 0.4) is 0 Å². The lowest BCUT2D eigenvalue weighted by Gasteiger charge is -2.25. The topological polar surface area (TPSA) is 72.4 Å². The molecule has 7 heteroatoms. The quantitative estimate of drug-likeness (QED) is 0.616. The number of nitrogens with zero attached hydrogens (tertiary/aromatic N) is 3. The van der Waals surface area contributed by atoms with Crippen molar-refractivity contribution < 1.29 is 13.7 Å². The van der Waals surface area contributed by atoms with Gasteiger partial charge in [-0.1, -0.05) is 21.1 Å². The van der Waals surface area contributed by atoms with Crippen molar-refractivity contribution in [1.29, 1.82) is 0 Å². The highest BCUT2D eigenvalue weighted by atomic mass is 79.9. The van der Waals surface area contributed by atoms with E-state index in [1.165, 1.54) is 6.26 Å². The third-order valence-corrected chi connectivity index (χ3v) is 4.28. The summed E-state index contributed by atoms with van der Waals surface area (Å²) < 4.78 is 11.5. The minimum Gasteiger partial charge on any atom is -0.459 e. The summed E-state index contributed by atoms with van der Waals surface area (Å²) in [5, 5.41) is 4.01. The number of aromatic nitrogens is 2. The molecule has 130 valence electrons. The predicted molar refractivity (Wildman–Crippen MR) is 96.0 cm³/mol. The average Bonchev–Trinajstić information content (AvgIpc) is 3.27. The maximum atomic E-state index is 12.5. The Morgan fingerprint density at radius 1 is 1.24 bits per heavy atom. The van der Waals surface area contributed by atoms with Crippen molar-refractivity contribution in [3.05, 3.63) is 58.8 Å². The Hall–Kier alpha value is -2.41. The van der Waals surface area contributed by atoms with Crippen molar-refractivity contribution in [3.8, 4) is 11.4 Å². The van der Waals surface area contributed by atoms with Crippen LogP contribution in [0.1, 0.15) is 30.3 Å². The molecule has 0 aliphatic rings. The number of carbonyl (C=O) groups excluding carboxylic acids is 1. The van der Waals surface area contributed by atoms with Crippen LogP contribution in [0.4, 0.5) is 0 Å². The van der Waals surface area contributed by atoms with E-state index in [2.05, 4.69) is 26.1 Å². The molecule has 6 nitrogen and oxygen atoms in total. The Balaban J connectivity index is 1.67. The molecule has 2 aromatic heterocycles. The third-order valence-electron chi connectivity index (χ3n) is 3.75. The van der Waals surface area contributed by atoms with Gasteiger partial charge < -0.3 is 13.8 Å². The molecule has 0 aliphatic heterocycles. The van der Waals surface area contributed by atoms with Crippen LogP contribution in [0.2, 0.25) is 0 Å². The molecule has 0 bridgehead atoms. The van der Waals surface area contributed by atoms with Gasteiger partial charge >= 0.3 is 0 Å². The van der Waals surface area contributed by atoms with E-state index in [4.69, 9.17) is 8.94 Å². The SMILES string of the molecule is CC(C)N(CCc1nc(-c2ccc(Br)cc2)no1)C(=O)c1ccco1. The molecule has 0 saturated heterocycles. The van der Waals surface area contributed by atoms with Gasteiger partial charge in [-0.25, -0.2) is 0 Å². The first-order chi connectivity index (χ1) is 12.0. The molecule has 0 atom stereocenters. The fourth-order valence-corrected chi connectivity index (χ4v) is 2.69. The van der Waals surface area contributed by atoms with Crippen molar-refractivity contribution in [3.63, 3.8) is 0 Å². The standard InChI is InChI=1S/C18H18BrN3O3/c1-12(2)22(18(23)15-4-3-11-24-15)10-9-16-20-17(21-25-16)13-5-7-14(19)8-6-13/h3-8,11-12H,9-10H2,1-2H3. The zero-order valence-electron chi connectivity index (χ0n) is 14.0. The summed E-state index contributed by atoms with van der Waals surface area (Å²) in [5.74, 6) is 1.22. The molecule has 1 amide bonds. The Kier molecular flexibility index (Phi) is 5.33. The maximum absolute atomic E-state index is 12.5. The normalized spacial score (nSPS) is 11.0. The lowest BCUT2D eigenvalue weighted by molar-refractivity contribution is 0.0671. The molecule has 0 N–H and O–H groups in total. The number of furan rings is 1. The molecule has 3 aromatic rings. The second-order valence-corrected chi connectivity index (χ2v) is 6.75. The van der Waals surface area contributed by atoms with Crippen LogP contribution in [-0.2, 0) is 6.42 Å². The minimum absolute atomic E-state index is 0.0338. The van der Waals surface area contributed by atoms with Gasteiger partial charge in [0.25, 0.3) is 5.91 Å². The third kappa shape index (κ3) is 4.17. The molecular weight excluding hydrogens is 386 g/mol. The number of amides is 1. The molecule has 2 heterocycles. The molecule has 0 radical (unpaired) electrons. The Morgan fingerprint density at radius 3 is 2.64 bits per heavy atom.